The van der Waals surface area contributed by atoms with E-state index in [-0.39, 0.29) is 17.4 Å². The zero-order valence-electron chi connectivity index (χ0n) is 14.0. The molecule has 0 saturated heterocycles. The quantitative estimate of drug-likeness (QED) is 0.845. The molecule has 0 bridgehead atoms. The number of carboxylic acids is 1. The SMILES string of the molecule is CCC(C(=O)Nc1cc(C(=O)O)ccc1C)c1ccc(OC)cc1. The summed E-state index contributed by atoms with van der Waals surface area (Å²) in [5.41, 5.74) is 2.38. The number of methoxy groups -OCH3 is 1. The van der Waals surface area contributed by atoms with Gasteiger partial charge in [0.25, 0.3) is 0 Å². The lowest BCUT2D eigenvalue weighted by molar-refractivity contribution is -0.117. The van der Waals surface area contributed by atoms with Gasteiger partial charge in [0.1, 0.15) is 5.75 Å². The van der Waals surface area contributed by atoms with Gasteiger partial charge in [0.05, 0.1) is 18.6 Å². The normalized spacial score (nSPS) is 11.6. The third-order valence-electron chi connectivity index (χ3n) is 3.99. The molecule has 2 aromatic carbocycles. The number of aromatic carboxylic acids is 1. The molecule has 5 nitrogen and oxygen atoms in total. The lowest BCUT2D eigenvalue weighted by Crippen LogP contribution is -2.21. The first-order valence-electron chi connectivity index (χ1n) is 7.75. The third-order valence-corrected chi connectivity index (χ3v) is 3.99. The molecule has 24 heavy (non-hydrogen) atoms. The molecule has 0 spiro atoms. The van der Waals surface area contributed by atoms with E-state index in [9.17, 15) is 9.59 Å². The largest absolute Gasteiger partial charge is 0.497 e. The molecule has 0 heterocycles. The number of ether oxygens (including phenoxy) is 1. The molecule has 2 rings (SSSR count). The van der Waals surface area contributed by atoms with Crippen molar-refractivity contribution < 1.29 is 19.4 Å². The van der Waals surface area contributed by atoms with Crippen LogP contribution in [0.25, 0.3) is 0 Å². The highest BCUT2D eigenvalue weighted by molar-refractivity contribution is 5.98. The number of hydrogen-bond donors (Lipinski definition) is 2. The average Bonchev–Trinajstić information content (AvgIpc) is 2.58. The van der Waals surface area contributed by atoms with Crippen molar-refractivity contribution in [3.05, 3.63) is 59.2 Å². The van der Waals surface area contributed by atoms with Crippen molar-refractivity contribution in [2.24, 2.45) is 0 Å². The monoisotopic (exact) mass is 327 g/mol. The maximum Gasteiger partial charge on any atom is 0.335 e. The average molecular weight is 327 g/mol. The maximum atomic E-state index is 12.6. The second-order valence-corrected chi connectivity index (χ2v) is 5.56. The fourth-order valence-corrected chi connectivity index (χ4v) is 2.52. The zero-order valence-corrected chi connectivity index (χ0v) is 14.0. The van der Waals surface area contributed by atoms with Crippen LogP contribution in [0.15, 0.2) is 42.5 Å². The number of amides is 1. The molecule has 0 saturated carbocycles. The first kappa shape index (κ1) is 17.5. The van der Waals surface area contributed by atoms with E-state index >= 15 is 0 Å². The van der Waals surface area contributed by atoms with E-state index in [0.29, 0.717) is 12.1 Å². The summed E-state index contributed by atoms with van der Waals surface area (Å²) in [6.45, 7) is 3.77. The van der Waals surface area contributed by atoms with Crippen LogP contribution in [0.2, 0.25) is 0 Å². The highest BCUT2D eigenvalue weighted by Gasteiger charge is 2.20. The van der Waals surface area contributed by atoms with E-state index in [2.05, 4.69) is 5.32 Å². The highest BCUT2D eigenvalue weighted by Crippen LogP contribution is 2.25. The number of carboxylic acid groups (broad SMARTS) is 1. The second kappa shape index (κ2) is 7.64. The molecule has 1 unspecified atom stereocenters. The van der Waals surface area contributed by atoms with Crippen molar-refractivity contribution in [1.82, 2.24) is 0 Å². The molecule has 0 aliphatic carbocycles. The second-order valence-electron chi connectivity index (χ2n) is 5.56. The van der Waals surface area contributed by atoms with Gasteiger partial charge in [-0.25, -0.2) is 4.79 Å². The Bertz CT molecular complexity index is 738. The summed E-state index contributed by atoms with van der Waals surface area (Å²) >= 11 is 0. The fraction of sp³-hybridized carbons (Fsp3) is 0.263. The van der Waals surface area contributed by atoms with E-state index in [1.807, 2.05) is 38.1 Å². The van der Waals surface area contributed by atoms with Crippen molar-refractivity contribution in [3.8, 4) is 5.75 Å². The van der Waals surface area contributed by atoms with Crippen molar-refractivity contribution in [2.75, 3.05) is 12.4 Å². The summed E-state index contributed by atoms with van der Waals surface area (Å²) in [4.78, 5) is 23.7. The Morgan fingerprint density at radius 3 is 2.38 bits per heavy atom. The Kier molecular flexibility index (Phi) is 5.58. The number of carbonyl (C=O) groups excluding carboxylic acids is 1. The molecule has 1 atom stereocenters. The minimum atomic E-state index is -1.02. The van der Waals surface area contributed by atoms with Crippen molar-refractivity contribution >= 4 is 17.6 Å². The Hall–Kier alpha value is -2.82. The van der Waals surface area contributed by atoms with Crippen LogP contribution in [0, 0.1) is 6.92 Å². The van der Waals surface area contributed by atoms with Crippen LogP contribution in [-0.4, -0.2) is 24.1 Å². The number of aryl methyl sites for hydroxylation is 1. The van der Waals surface area contributed by atoms with Crippen LogP contribution >= 0.6 is 0 Å². The van der Waals surface area contributed by atoms with E-state index < -0.39 is 5.97 Å². The van der Waals surface area contributed by atoms with Gasteiger partial charge in [-0.15, -0.1) is 0 Å². The maximum absolute atomic E-state index is 12.6. The summed E-state index contributed by atoms with van der Waals surface area (Å²) in [5, 5.41) is 11.9. The fourth-order valence-electron chi connectivity index (χ4n) is 2.52. The van der Waals surface area contributed by atoms with Gasteiger partial charge in [-0.1, -0.05) is 25.1 Å². The number of rotatable bonds is 6. The first-order valence-corrected chi connectivity index (χ1v) is 7.75. The summed E-state index contributed by atoms with van der Waals surface area (Å²) in [7, 11) is 1.59. The van der Waals surface area contributed by atoms with Crippen LogP contribution < -0.4 is 10.1 Å². The summed E-state index contributed by atoms with van der Waals surface area (Å²) < 4.78 is 5.13. The topological polar surface area (TPSA) is 75.6 Å². The van der Waals surface area contributed by atoms with E-state index in [0.717, 1.165) is 16.9 Å². The van der Waals surface area contributed by atoms with Crippen molar-refractivity contribution in [1.29, 1.82) is 0 Å². The van der Waals surface area contributed by atoms with Crippen LogP contribution in [0.4, 0.5) is 5.69 Å². The van der Waals surface area contributed by atoms with Gasteiger partial charge in [-0.3, -0.25) is 4.79 Å². The summed E-state index contributed by atoms with van der Waals surface area (Å²) in [6, 6.07) is 12.1. The highest BCUT2D eigenvalue weighted by atomic mass is 16.5. The van der Waals surface area contributed by atoms with Gasteiger partial charge in [0, 0.05) is 5.69 Å². The van der Waals surface area contributed by atoms with E-state index in [1.54, 1.807) is 13.2 Å². The zero-order chi connectivity index (χ0) is 17.7. The molecule has 1 amide bonds. The number of carbonyl (C=O) groups is 2. The molecule has 2 N–H and O–H groups in total. The molecule has 126 valence electrons. The molecule has 2 aromatic rings. The van der Waals surface area contributed by atoms with Gasteiger partial charge in [-0.05, 0) is 48.7 Å². The smallest absolute Gasteiger partial charge is 0.335 e. The molecule has 0 aliphatic heterocycles. The number of benzene rings is 2. The Labute approximate surface area is 141 Å². The number of anilines is 1. The Balaban J connectivity index is 2.23. The van der Waals surface area contributed by atoms with Crippen LogP contribution in [0.5, 0.6) is 5.75 Å². The molecule has 0 aliphatic rings. The molecule has 0 aromatic heterocycles. The minimum Gasteiger partial charge on any atom is -0.497 e. The Morgan fingerprint density at radius 1 is 1.17 bits per heavy atom. The molecular weight excluding hydrogens is 306 g/mol. The van der Waals surface area contributed by atoms with Crippen molar-refractivity contribution in [3.63, 3.8) is 0 Å². The standard InChI is InChI=1S/C19H21NO4/c1-4-16(13-7-9-15(24-3)10-8-13)18(21)20-17-11-14(19(22)23)6-5-12(17)2/h5-11,16H,4H2,1-3H3,(H,20,21)(H,22,23). The van der Waals surface area contributed by atoms with Gasteiger partial charge in [-0.2, -0.15) is 0 Å². The minimum absolute atomic E-state index is 0.147. The lowest BCUT2D eigenvalue weighted by Gasteiger charge is -2.17. The predicted molar refractivity (Wildman–Crippen MR) is 92.8 cm³/mol. The van der Waals surface area contributed by atoms with Gasteiger partial charge in [0.15, 0.2) is 0 Å². The van der Waals surface area contributed by atoms with E-state index in [1.165, 1.54) is 12.1 Å². The molecule has 0 fully saturated rings. The van der Waals surface area contributed by atoms with Gasteiger partial charge in [0.2, 0.25) is 5.91 Å². The molecular formula is C19H21NO4. The number of nitrogens with one attached hydrogen (secondary N) is 1. The summed E-state index contributed by atoms with van der Waals surface area (Å²) in [6.07, 6.45) is 0.635. The van der Waals surface area contributed by atoms with Crippen molar-refractivity contribution in [2.45, 2.75) is 26.2 Å². The van der Waals surface area contributed by atoms with Gasteiger partial charge < -0.3 is 15.2 Å². The van der Waals surface area contributed by atoms with Crippen LogP contribution in [-0.2, 0) is 4.79 Å². The van der Waals surface area contributed by atoms with E-state index in [4.69, 9.17) is 9.84 Å². The molecule has 5 heteroatoms. The first-order chi connectivity index (χ1) is 11.5. The third kappa shape index (κ3) is 3.93. The summed E-state index contributed by atoms with van der Waals surface area (Å²) in [5.74, 6) is -0.760. The molecule has 0 radical (unpaired) electrons. The lowest BCUT2D eigenvalue weighted by atomic mass is 9.95. The predicted octanol–water partition coefficient (Wildman–Crippen LogP) is 3.83. The van der Waals surface area contributed by atoms with Crippen LogP contribution in [0.3, 0.4) is 0 Å². The Morgan fingerprint density at radius 2 is 1.83 bits per heavy atom. The van der Waals surface area contributed by atoms with Gasteiger partial charge >= 0.3 is 5.97 Å². The number of hydrogen-bond acceptors (Lipinski definition) is 3. The van der Waals surface area contributed by atoms with Crippen LogP contribution in [0.1, 0.15) is 40.7 Å².